The average molecular weight is 298 g/mol. The number of anilines is 1. The minimum absolute atomic E-state index is 0.00241. The SMILES string of the molecule is O=C(O)c1ccnc(CNc2nccc(C(F)(F)F)n2)c1. The molecule has 0 radical (unpaired) electrons. The molecular weight excluding hydrogens is 289 g/mol. The van der Waals surface area contributed by atoms with Gasteiger partial charge in [-0.2, -0.15) is 13.2 Å². The Bertz CT molecular complexity index is 661. The van der Waals surface area contributed by atoms with Gasteiger partial charge in [-0.1, -0.05) is 0 Å². The molecule has 0 spiro atoms. The quantitative estimate of drug-likeness (QED) is 0.899. The number of pyridine rings is 1. The topological polar surface area (TPSA) is 88.0 Å². The number of carbonyl (C=O) groups is 1. The molecule has 6 nitrogen and oxygen atoms in total. The number of hydrogen-bond acceptors (Lipinski definition) is 5. The molecule has 0 bridgehead atoms. The number of nitrogens with zero attached hydrogens (tertiary/aromatic N) is 3. The van der Waals surface area contributed by atoms with E-state index in [-0.39, 0.29) is 18.1 Å². The largest absolute Gasteiger partial charge is 0.478 e. The second-order valence-corrected chi connectivity index (χ2v) is 3.96. The smallest absolute Gasteiger partial charge is 0.433 e. The standard InChI is InChI=1S/C12H9F3N4O2/c13-12(14,15)9-2-4-17-11(19-9)18-6-8-5-7(10(20)21)1-3-16-8/h1-5H,6H2,(H,20,21)(H,17,18,19). The van der Waals surface area contributed by atoms with Crippen LogP contribution in [0.2, 0.25) is 0 Å². The van der Waals surface area contributed by atoms with Crippen LogP contribution in [0.1, 0.15) is 21.7 Å². The summed E-state index contributed by atoms with van der Waals surface area (Å²) in [6, 6.07) is 3.38. The number of halogens is 3. The van der Waals surface area contributed by atoms with Crippen LogP contribution >= 0.6 is 0 Å². The van der Waals surface area contributed by atoms with Crippen molar-refractivity contribution < 1.29 is 23.1 Å². The molecule has 2 rings (SSSR count). The molecule has 2 aromatic heterocycles. The summed E-state index contributed by atoms with van der Waals surface area (Å²) in [5, 5.41) is 11.4. The van der Waals surface area contributed by atoms with E-state index in [1.807, 2.05) is 0 Å². The van der Waals surface area contributed by atoms with Gasteiger partial charge in [-0.15, -0.1) is 0 Å². The zero-order valence-corrected chi connectivity index (χ0v) is 10.4. The zero-order chi connectivity index (χ0) is 15.5. The summed E-state index contributed by atoms with van der Waals surface area (Å²) in [4.78, 5) is 21.7. The van der Waals surface area contributed by atoms with Crippen LogP contribution in [0, 0.1) is 0 Å². The molecule has 0 aliphatic rings. The fraction of sp³-hybridized carbons (Fsp3) is 0.167. The summed E-state index contributed by atoms with van der Waals surface area (Å²) in [6.45, 7) is 0.00241. The van der Waals surface area contributed by atoms with E-state index in [0.29, 0.717) is 5.69 Å². The van der Waals surface area contributed by atoms with E-state index in [4.69, 9.17) is 5.11 Å². The van der Waals surface area contributed by atoms with E-state index >= 15 is 0 Å². The third kappa shape index (κ3) is 3.88. The maximum absolute atomic E-state index is 12.5. The molecule has 2 heterocycles. The number of aromatic carboxylic acids is 1. The second kappa shape index (κ2) is 5.73. The highest BCUT2D eigenvalue weighted by molar-refractivity contribution is 5.87. The molecule has 0 amide bonds. The van der Waals surface area contributed by atoms with Crippen LogP contribution in [0.4, 0.5) is 19.1 Å². The van der Waals surface area contributed by atoms with Crippen molar-refractivity contribution in [1.29, 1.82) is 0 Å². The second-order valence-electron chi connectivity index (χ2n) is 3.96. The van der Waals surface area contributed by atoms with Gasteiger partial charge in [0.2, 0.25) is 5.95 Å². The van der Waals surface area contributed by atoms with Crippen LogP contribution in [-0.4, -0.2) is 26.0 Å². The fourth-order valence-electron chi connectivity index (χ4n) is 1.48. The molecule has 0 saturated carbocycles. The highest BCUT2D eigenvalue weighted by Crippen LogP contribution is 2.27. The lowest BCUT2D eigenvalue weighted by Crippen LogP contribution is -2.12. The summed E-state index contributed by atoms with van der Waals surface area (Å²) in [5.74, 6) is -1.33. The van der Waals surface area contributed by atoms with Gasteiger partial charge >= 0.3 is 12.1 Å². The summed E-state index contributed by atoms with van der Waals surface area (Å²) >= 11 is 0. The highest BCUT2D eigenvalue weighted by atomic mass is 19.4. The Morgan fingerprint density at radius 2 is 1.95 bits per heavy atom. The summed E-state index contributed by atoms with van der Waals surface area (Å²) < 4.78 is 37.4. The van der Waals surface area contributed by atoms with Gasteiger partial charge in [0.1, 0.15) is 5.69 Å². The van der Waals surface area contributed by atoms with Crippen molar-refractivity contribution >= 4 is 11.9 Å². The minimum Gasteiger partial charge on any atom is -0.478 e. The van der Waals surface area contributed by atoms with Crippen LogP contribution in [-0.2, 0) is 12.7 Å². The van der Waals surface area contributed by atoms with Gasteiger partial charge < -0.3 is 10.4 Å². The Hall–Kier alpha value is -2.71. The fourth-order valence-corrected chi connectivity index (χ4v) is 1.48. The van der Waals surface area contributed by atoms with Crippen molar-refractivity contribution in [3.63, 3.8) is 0 Å². The number of rotatable bonds is 4. The lowest BCUT2D eigenvalue weighted by Gasteiger charge is -2.08. The lowest BCUT2D eigenvalue weighted by atomic mass is 10.2. The Morgan fingerprint density at radius 1 is 1.24 bits per heavy atom. The van der Waals surface area contributed by atoms with E-state index in [1.54, 1.807) is 0 Å². The Labute approximate surface area is 116 Å². The summed E-state index contributed by atoms with van der Waals surface area (Å²) in [7, 11) is 0. The monoisotopic (exact) mass is 298 g/mol. The number of aromatic nitrogens is 3. The molecule has 0 atom stereocenters. The zero-order valence-electron chi connectivity index (χ0n) is 10.4. The van der Waals surface area contributed by atoms with Crippen molar-refractivity contribution in [2.75, 3.05) is 5.32 Å². The minimum atomic E-state index is -4.55. The third-order valence-corrected chi connectivity index (χ3v) is 2.44. The number of hydrogen-bond donors (Lipinski definition) is 2. The first kappa shape index (κ1) is 14.7. The molecular formula is C12H9F3N4O2. The molecule has 110 valence electrons. The predicted molar refractivity (Wildman–Crippen MR) is 65.6 cm³/mol. The normalized spacial score (nSPS) is 11.2. The van der Waals surface area contributed by atoms with E-state index in [0.717, 1.165) is 12.3 Å². The molecule has 0 unspecified atom stereocenters. The molecule has 2 N–H and O–H groups in total. The number of carboxylic acids is 1. The molecule has 21 heavy (non-hydrogen) atoms. The van der Waals surface area contributed by atoms with Gasteiger partial charge in [-0.3, -0.25) is 4.98 Å². The first-order valence-electron chi connectivity index (χ1n) is 5.68. The van der Waals surface area contributed by atoms with Crippen molar-refractivity contribution in [1.82, 2.24) is 15.0 Å². The van der Waals surface area contributed by atoms with Gasteiger partial charge in [0.05, 0.1) is 17.8 Å². The molecule has 9 heteroatoms. The van der Waals surface area contributed by atoms with Crippen molar-refractivity contribution in [2.24, 2.45) is 0 Å². The number of nitrogens with one attached hydrogen (secondary N) is 1. The van der Waals surface area contributed by atoms with Gasteiger partial charge in [-0.25, -0.2) is 14.8 Å². The van der Waals surface area contributed by atoms with E-state index in [9.17, 15) is 18.0 Å². The third-order valence-electron chi connectivity index (χ3n) is 2.44. The van der Waals surface area contributed by atoms with E-state index in [1.165, 1.54) is 18.3 Å². The Balaban J connectivity index is 2.10. The first-order chi connectivity index (χ1) is 9.86. The van der Waals surface area contributed by atoms with Crippen LogP contribution in [0.3, 0.4) is 0 Å². The van der Waals surface area contributed by atoms with Crippen molar-refractivity contribution in [3.05, 3.63) is 47.5 Å². The summed E-state index contributed by atoms with van der Waals surface area (Å²) in [6.07, 6.45) is -2.27. The highest BCUT2D eigenvalue weighted by Gasteiger charge is 2.32. The van der Waals surface area contributed by atoms with Crippen LogP contribution in [0.5, 0.6) is 0 Å². The van der Waals surface area contributed by atoms with Crippen LogP contribution in [0.25, 0.3) is 0 Å². The van der Waals surface area contributed by atoms with E-state index < -0.39 is 17.8 Å². The van der Waals surface area contributed by atoms with Crippen molar-refractivity contribution in [3.8, 4) is 0 Å². The number of carboxylic acid groups (broad SMARTS) is 1. The van der Waals surface area contributed by atoms with Gasteiger partial charge in [0, 0.05) is 12.4 Å². The Kier molecular flexibility index (Phi) is 4.01. The molecule has 0 aliphatic carbocycles. The number of alkyl halides is 3. The summed E-state index contributed by atoms with van der Waals surface area (Å²) in [5.41, 5.74) is -0.685. The molecule has 2 aromatic rings. The van der Waals surface area contributed by atoms with E-state index in [2.05, 4.69) is 20.3 Å². The van der Waals surface area contributed by atoms with Gasteiger partial charge in [0.25, 0.3) is 0 Å². The van der Waals surface area contributed by atoms with Crippen molar-refractivity contribution in [2.45, 2.75) is 12.7 Å². The first-order valence-corrected chi connectivity index (χ1v) is 5.68. The van der Waals surface area contributed by atoms with Crippen LogP contribution < -0.4 is 5.32 Å². The maximum atomic E-state index is 12.5. The average Bonchev–Trinajstić information content (AvgIpc) is 2.45. The molecule has 0 aliphatic heterocycles. The lowest BCUT2D eigenvalue weighted by molar-refractivity contribution is -0.141. The molecule has 0 saturated heterocycles. The van der Waals surface area contributed by atoms with Gasteiger partial charge in [-0.05, 0) is 18.2 Å². The molecule has 0 fully saturated rings. The predicted octanol–water partition coefficient (Wildman–Crippen LogP) is 2.20. The Morgan fingerprint density at radius 3 is 2.62 bits per heavy atom. The van der Waals surface area contributed by atoms with Crippen LogP contribution in [0.15, 0.2) is 30.6 Å². The maximum Gasteiger partial charge on any atom is 0.433 e. The molecule has 0 aromatic carbocycles. The van der Waals surface area contributed by atoms with Gasteiger partial charge in [0.15, 0.2) is 0 Å².